The van der Waals surface area contributed by atoms with Gasteiger partial charge in [0.1, 0.15) is 5.82 Å². The Balaban J connectivity index is 2.95. The Morgan fingerprint density at radius 1 is 1.37 bits per heavy atom. The lowest BCUT2D eigenvalue weighted by Crippen LogP contribution is -2.55. The third kappa shape index (κ3) is 3.65. The van der Waals surface area contributed by atoms with Crippen LogP contribution in [0.3, 0.4) is 0 Å². The number of ether oxygens (including phenoxy) is 1. The Kier molecular flexibility index (Phi) is 6.21. The molecule has 1 atom stereocenters. The summed E-state index contributed by atoms with van der Waals surface area (Å²) in [5.74, 6) is 6.30. The van der Waals surface area contributed by atoms with E-state index in [4.69, 9.17) is 16.3 Å². The summed E-state index contributed by atoms with van der Waals surface area (Å²) >= 11 is 0. The molecule has 0 amide bonds. The molecule has 1 unspecified atom stereocenters. The van der Waals surface area contributed by atoms with Crippen LogP contribution in [-0.4, -0.2) is 23.2 Å². The maximum absolute atomic E-state index is 5.99. The van der Waals surface area contributed by atoms with E-state index in [1.807, 2.05) is 19.1 Å². The highest BCUT2D eigenvalue weighted by atomic mass is 16.5. The van der Waals surface area contributed by atoms with E-state index in [1.54, 1.807) is 6.20 Å². The molecule has 5 nitrogen and oxygen atoms in total. The predicted molar refractivity (Wildman–Crippen MR) is 78.4 cm³/mol. The first-order chi connectivity index (χ1) is 9.13. The second-order valence-electron chi connectivity index (χ2n) is 4.68. The van der Waals surface area contributed by atoms with Crippen molar-refractivity contribution >= 4 is 5.82 Å². The minimum atomic E-state index is -0.272. The van der Waals surface area contributed by atoms with Gasteiger partial charge in [-0.1, -0.05) is 19.9 Å². The van der Waals surface area contributed by atoms with Gasteiger partial charge in [0.2, 0.25) is 0 Å². The second-order valence-corrected chi connectivity index (χ2v) is 4.68. The predicted octanol–water partition coefficient (Wildman–Crippen LogP) is 1.63. The van der Waals surface area contributed by atoms with Crippen LogP contribution in [0, 0.1) is 0 Å². The standard InChI is InChI=1S/C14H26N4O/c1-4-14(5-2,19-6-3)12(18-16)10-11-8-7-9-17-13(11)15/h7-9,12,18H,4-6,10,16H2,1-3H3,(H2,15,17). The van der Waals surface area contributed by atoms with Gasteiger partial charge in [0.05, 0.1) is 11.6 Å². The largest absolute Gasteiger partial charge is 0.383 e. The quantitative estimate of drug-likeness (QED) is 0.492. The topological polar surface area (TPSA) is 86.2 Å². The molecule has 0 aliphatic heterocycles. The maximum atomic E-state index is 5.99. The lowest BCUT2D eigenvalue weighted by molar-refractivity contribution is -0.0719. The zero-order valence-electron chi connectivity index (χ0n) is 12.1. The summed E-state index contributed by atoms with van der Waals surface area (Å²) in [7, 11) is 0. The van der Waals surface area contributed by atoms with Crippen molar-refractivity contribution in [3.8, 4) is 0 Å². The van der Waals surface area contributed by atoms with Crippen molar-refractivity contribution < 1.29 is 4.74 Å². The summed E-state index contributed by atoms with van der Waals surface area (Å²) in [5, 5.41) is 0. The van der Waals surface area contributed by atoms with Crippen LogP contribution in [0.4, 0.5) is 5.82 Å². The molecule has 1 rings (SSSR count). The molecule has 0 aliphatic rings. The summed E-state index contributed by atoms with van der Waals surface area (Å²) in [4.78, 5) is 4.11. The Labute approximate surface area is 115 Å². The van der Waals surface area contributed by atoms with Crippen LogP contribution in [0.1, 0.15) is 39.2 Å². The van der Waals surface area contributed by atoms with Gasteiger partial charge in [-0.2, -0.15) is 0 Å². The summed E-state index contributed by atoms with van der Waals surface area (Å²) in [5.41, 5.74) is 9.52. The summed E-state index contributed by atoms with van der Waals surface area (Å²) < 4.78 is 5.99. The Bertz CT molecular complexity index is 379. The Morgan fingerprint density at radius 2 is 2.05 bits per heavy atom. The lowest BCUT2D eigenvalue weighted by atomic mass is 9.84. The van der Waals surface area contributed by atoms with E-state index in [-0.39, 0.29) is 11.6 Å². The van der Waals surface area contributed by atoms with Crippen molar-refractivity contribution in [2.24, 2.45) is 5.84 Å². The highest BCUT2D eigenvalue weighted by Gasteiger charge is 2.36. The fraction of sp³-hybridized carbons (Fsp3) is 0.643. The summed E-state index contributed by atoms with van der Waals surface area (Å²) in [6.45, 7) is 6.92. The number of pyridine rings is 1. The molecule has 0 aromatic carbocycles. The number of aromatic nitrogens is 1. The van der Waals surface area contributed by atoms with Crippen LogP contribution in [0.25, 0.3) is 0 Å². The number of hydrogen-bond acceptors (Lipinski definition) is 5. The number of anilines is 1. The van der Waals surface area contributed by atoms with Crippen LogP contribution in [0.2, 0.25) is 0 Å². The van der Waals surface area contributed by atoms with Crippen LogP contribution in [0.15, 0.2) is 18.3 Å². The zero-order valence-corrected chi connectivity index (χ0v) is 12.1. The molecule has 5 heteroatoms. The molecule has 1 aromatic heterocycles. The molecule has 0 spiro atoms. The zero-order chi connectivity index (χ0) is 14.3. The molecular weight excluding hydrogens is 240 g/mol. The van der Waals surface area contributed by atoms with Crippen LogP contribution >= 0.6 is 0 Å². The molecule has 5 N–H and O–H groups in total. The van der Waals surface area contributed by atoms with Crippen LogP contribution in [-0.2, 0) is 11.2 Å². The Morgan fingerprint density at radius 3 is 2.53 bits per heavy atom. The van der Waals surface area contributed by atoms with Crippen molar-refractivity contribution in [3.05, 3.63) is 23.9 Å². The smallest absolute Gasteiger partial charge is 0.126 e. The van der Waals surface area contributed by atoms with E-state index < -0.39 is 0 Å². The molecule has 0 saturated carbocycles. The van der Waals surface area contributed by atoms with Gasteiger partial charge in [0.25, 0.3) is 0 Å². The first-order valence-corrected chi connectivity index (χ1v) is 6.92. The van der Waals surface area contributed by atoms with Gasteiger partial charge < -0.3 is 10.5 Å². The molecule has 0 bridgehead atoms. The average molecular weight is 266 g/mol. The maximum Gasteiger partial charge on any atom is 0.126 e. The van der Waals surface area contributed by atoms with Gasteiger partial charge >= 0.3 is 0 Å². The van der Waals surface area contributed by atoms with Crippen molar-refractivity contribution in [1.82, 2.24) is 10.4 Å². The minimum Gasteiger partial charge on any atom is -0.383 e. The van der Waals surface area contributed by atoms with Gasteiger partial charge in [-0.05, 0) is 37.8 Å². The number of nitrogens with zero attached hydrogens (tertiary/aromatic N) is 1. The molecule has 0 radical (unpaired) electrons. The monoisotopic (exact) mass is 266 g/mol. The van der Waals surface area contributed by atoms with Gasteiger partial charge in [0, 0.05) is 12.8 Å². The van der Waals surface area contributed by atoms with E-state index in [0.29, 0.717) is 18.8 Å². The fourth-order valence-electron chi connectivity index (χ4n) is 2.58. The van der Waals surface area contributed by atoms with E-state index in [0.717, 1.165) is 18.4 Å². The average Bonchev–Trinajstić information content (AvgIpc) is 2.44. The third-order valence-electron chi connectivity index (χ3n) is 3.82. The number of rotatable bonds is 8. The van der Waals surface area contributed by atoms with Gasteiger partial charge in [-0.25, -0.2) is 4.98 Å². The van der Waals surface area contributed by atoms with Crippen molar-refractivity contribution in [2.75, 3.05) is 12.3 Å². The lowest BCUT2D eigenvalue weighted by Gasteiger charge is -2.39. The van der Waals surface area contributed by atoms with Crippen molar-refractivity contribution in [3.63, 3.8) is 0 Å². The van der Waals surface area contributed by atoms with Crippen LogP contribution in [0.5, 0.6) is 0 Å². The molecule has 19 heavy (non-hydrogen) atoms. The minimum absolute atomic E-state index is 0.00829. The molecule has 0 saturated heterocycles. The first-order valence-electron chi connectivity index (χ1n) is 6.92. The van der Waals surface area contributed by atoms with Crippen LogP contribution < -0.4 is 17.0 Å². The SMILES string of the molecule is CCOC(CC)(CC)C(Cc1cccnc1N)NN. The number of nitrogens with two attached hydrogens (primary N) is 2. The number of nitrogens with one attached hydrogen (secondary N) is 1. The highest BCUT2D eigenvalue weighted by Crippen LogP contribution is 2.27. The fourth-order valence-corrected chi connectivity index (χ4v) is 2.58. The molecule has 1 aromatic rings. The van der Waals surface area contributed by atoms with Crippen molar-refractivity contribution in [1.29, 1.82) is 0 Å². The normalized spacial score (nSPS) is 13.5. The Hall–Kier alpha value is -1.17. The van der Waals surface area contributed by atoms with Gasteiger partial charge in [-0.3, -0.25) is 11.3 Å². The summed E-state index contributed by atoms with van der Waals surface area (Å²) in [6, 6.07) is 3.88. The highest BCUT2D eigenvalue weighted by molar-refractivity contribution is 5.39. The molecular formula is C14H26N4O. The van der Waals surface area contributed by atoms with Gasteiger partial charge in [-0.15, -0.1) is 0 Å². The number of hydrogen-bond donors (Lipinski definition) is 3. The van der Waals surface area contributed by atoms with Gasteiger partial charge in [0.15, 0.2) is 0 Å². The van der Waals surface area contributed by atoms with E-state index in [9.17, 15) is 0 Å². The number of nitrogen functional groups attached to an aromatic ring is 1. The van der Waals surface area contributed by atoms with E-state index in [2.05, 4.69) is 24.3 Å². The van der Waals surface area contributed by atoms with E-state index in [1.165, 1.54) is 0 Å². The third-order valence-corrected chi connectivity index (χ3v) is 3.82. The molecule has 1 heterocycles. The molecule has 0 aliphatic carbocycles. The molecule has 0 fully saturated rings. The second kappa shape index (κ2) is 7.43. The molecule has 108 valence electrons. The first kappa shape index (κ1) is 15.9. The number of hydrazine groups is 1. The van der Waals surface area contributed by atoms with Crippen molar-refractivity contribution in [2.45, 2.75) is 51.7 Å². The van der Waals surface area contributed by atoms with E-state index >= 15 is 0 Å². The summed E-state index contributed by atoms with van der Waals surface area (Å²) in [6.07, 6.45) is 4.19.